The van der Waals surface area contributed by atoms with Gasteiger partial charge in [-0.3, -0.25) is 4.79 Å². The van der Waals surface area contributed by atoms with Crippen LogP contribution in [0.25, 0.3) is 0 Å². The Morgan fingerprint density at radius 2 is 1.17 bits per heavy atom. The molecule has 1 aliphatic carbocycles. The van der Waals surface area contributed by atoms with Crippen molar-refractivity contribution < 1.29 is 9.53 Å². The van der Waals surface area contributed by atoms with Gasteiger partial charge in [-0.05, 0) is 19.3 Å². The first-order valence-corrected chi connectivity index (χ1v) is 10.5. The molecule has 136 valence electrons. The van der Waals surface area contributed by atoms with E-state index in [1.165, 1.54) is 89.9 Å². The minimum absolute atomic E-state index is 0.0611. The van der Waals surface area contributed by atoms with E-state index in [1.807, 2.05) is 0 Å². The van der Waals surface area contributed by atoms with E-state index in [2.05, 4.69) is 6.92 Å². The van der Waals surface area contributed by atoms with Crippen LogP contribution >= 0.6 is 0 Å². The van der Waals surface area contributed by atoms with E-state index >= 15 is 0 Å². The molecule has 2 heteroatoms. The van der Waals surface area contributed by atoms with Gasteiger partial charge in [0.05, 0.1) is 12.5 Å². The Bertz CT molecular complexity index is 271. The standard InChI is InChI=1S/C21H40O2/c1-2-3-4-5-6-7-8-9-10-11-12-13-14-15-19-23-21(22)20-17-16-18-20/h20H,2-19H2,1H3. The molecule has 0 atom stereocenters. The maximum Gasteiger partial charge on any atom is 0.308 e. The highest BCUT2D eigenvalue weighted by Gasteiger charge is 2.26. The Morgan fingerprint density at radius 3 is 1.57 bits per heavy atom. The zero-order valence-electron chi connectivity index (χ0n) is 15.6. The Balaban J connectivity index is 1.67. The van der Waals surface area contributed by atoms with Crippen molar-refractivity contribution in [3.05, 3.63) is 0 Å². The largest absolute Gasteiger partial charge is 0.465 e. The summed E-state index contributed by atoms with van der Waals surface area (Å²) in [5.74, 6) is 0.299. The number of rotatable bonds is 16. The van der Waals surface area contributed by atoms with Crippen LogP contribution in [0.15, 0.2) is 0 Å². The smallest absolute Gasteiger partial charge is 0.308 e. The summed E-state index contributed by atoms with van der Waals surface area (Å²) in [7, 11) is 0. The molecule has 1 saturated carbocycles. The first-order valence-electron chi connectivity index (χ1n) is 10.5. The molecule has 0 aromatic rings. The molecule has 0 radical (unpaired) electrons. The highest BCUT2D eigenvalue weighted by atomic mass is 16.5. The second kappa shape index (κ2) is 15.0. The number of carbonyl (C=O) groups excluding carboxylic acids is 1. The van der Waals surface area contributed by atoms with Gasteiger partial charge in [0.1, 0.15) is 0 Å². The van der Waals surface area contributed by atoms with Crippen molar-refractivity contribution in [3.63, 3.8) is 0 Å². The molecule has 0 heterocycles. The average Bonchev–Trinajstić information content (AvgIpc) is 2.49. The topological polar surface area (TPSA) is 26.3 Å². The van der Waals surface area contributed by atoms with Gasteiger partial charge in [-0.1, -0.05) is 96.8 Å². The Kier molecular flexibility index (Phi) is 13.4. The van der Waals surface area contributed by atoms with E-state index < -0.39 is 0 Å². The summed E-state index contributed by atoms with van der Waals surface area (Å²) < 4.78 is 5.31. The number of ether oxygens (including phenoxy) is 1. The van der Waals surface area contributed by atoms with Crippen molar-refractivity contribution in [1.82, 2.24) is 0 Å². The van der Waals surface area contributed by atoms with E-state index in [-0.39, 0.29) is 11.9 Å². The molecule has 1 aliphatic rings. The van der Waals surface area contributed by atoms with Gasteiger partial charge in [-0.25, -0.2) is 0 Å². The first-order chi connectivity index (χ1) is 11.3. The molecule has 0 aromatic heterocycles. The third kappa shape index (κ3) is 11.6. The van der Waals surface area contributed by atoms with Crippen molar-refractivity contribution >= 4 is 5.97 Å². The minimum Gasteiger partial charge on any atom is -0.465 e. The second-order valence-corrected chi connectivity index (χ2v) is 7.39. The molecule has 0 aliphatic heterocycles. The highest BCUT2D eigenvalue weighted by molar-refractivity contribution is 5.73. The minimum atomic E-state index is 0.0611. The lowest BCUT2D eigenvalue weighted by Gasteiger charge is -2.22. The summed E-state index contributed by atoms with van der Waals surface area (Å²) in [4.78, 5) is 11.5. The van der Waals surface area contributed by atoms with Gasteiger partial charge in [0.2, 0.25) is 0 Å². The van der Waals surface area contributed by atoms with Gasteiger partial charge in [0, 0.05) is 0 Å². The predicted molar refractivity (Wildman–Crippen MR) is 98.6 cm³/mol. The van der Waals surface area contributed by atoms with Crippen LogP contribution < -0.4 is 0 Å². The molecule has 0 amide bonds. The number of unbranched alkanes of at least 4 members (excludes halogenated alkanes) is 13. The summed E-state index contributed by atoms with van der Waals surface area (Å²) in [6.45, 7) is 2.93. The fourth-order valence-corrected chi connectivity index (χ4v) is 3.23. The third-order valence-corrected chi connectivity index (χ3v) is 5.18. The van der Waals surface area contributed by atoms with E-state index in [4.69, 9.17) is 4.74 Å². The molecule has 0 bridgehead atoms. The number of hydrogen-bond acceptors (Lipinski definition) is 2. The molecule has 1 fully saturated rings. The maximum absolute atomic E-state index is 11.5. The fourth-order valence-electron chi connectivity index (χ4n) is 3.23. The van der Waals surface area contributed by atoms with Crippen molar-refractivity contribution in [1.29, 1.82) is 0 Å². The lowest BCUT2D eigenvalue weighted by atomic mass is 9.86. The molecular formula is C21H40O2. The normalized spacial score (nSPS) is 14.7. The molecule has 2 nitrogen and oxygen atoms in total. The highest BCUT2D eigenvalue weighted by Crippen LogP contribution is 2.27. The van der Waals surface area contributed by atoms with Crippen molar-refractivity contribution in [2.75, 3.05) is 6.61 Å². The molecule has 0 saturated heterocycles. The zero-order valence-corrected chi connectivity index (χ0v) is 15.6. The van der Waals surface area contributed by atoms with E-state index in [1.54, 1.807) is 0 Å². The number of hydrogen-bond donors (Lipinski definition) is 0. The molecule has 0 aromatic carbocycles. The molecule has 0 spiro atoms. The maximum atomic E-state index is 11.5. The summed E-state index contributed by atoms with van der Waals surface area (Å²) >= 11 is 0. The summed E-state index contributed by atoms with van der Waals surface area (Å²) in [5, 5.41) is 0. The van der Waals surface area contributed by atoms with Gasteiger partial charge in [-0.2, -0.15) is 0 Å². The number of carbonyl (C=O) groups is 1. The predicted octanol–water partition coefficient (Wildman–Crippen LogP) is 6.81. The molecule has 23 heavy (non-hydrogen) atoms. The van der Waals surface area contributed by atoms with Crippen LogP contribution in [0.4, 0.5) is 0 Å². The Hall–Kier alpha value is -0.530. The summed E-state index contributed by atoms with van der Waals surface area (Å²) in [6, 6.07) is 0. The second-order valence-electron chi connectivity index (χ2n) is 7.39. The van der Waals surface area contributed by atoms with Gasteiger partial charge >= 0.3 is 5.97 Å². The lowest BCUT2D eigenvalue weighted by molar-refractivity contribution is -0.151. The SMILES string of the molecule is CCCCCCCCCCCCCCCCOC(=O)C1CCC1. The monoisotopic (exact) mass is 324 g/mol. The van der Waals surface area contributed by atoms with Crippen LogP contribution in [0.1, 0.15) is 116 Å². The average molecular weight is 325 g/mol. The van der Waals surface area contributed by atoms with Crippen LogP contribution in [0.3, 0.4) is 0 Å². The van der Waals surface area contributed by atoms with Crippen LogP contribution in [-0.2, 0) is 9.53 Å². The molecule has 1 rings (SSSR count). The van der Waals surface area contributed by atoms with E-state index in [9.17, 15) is 4.79 Å². The lowest BCUT2D eigenvalue weighted by Crippen LogP contribution is -2.24. The van der Waals surface area contributed by atoms with Crippen molar-refractivity contribution in [3.8, 4) is 0 Å². The molecule has 0 N–H and O–H groups in total. The van der Waals surface area contributed by atoms with Gasteiger partial charge in [0.15, 0.2) is 0 Å². The van der Waals surface area contributed by atoms with Crippen LogP contribution in [0, 0.1) is 5.92 Å². The van der Waals surface area contributed by atoms with E-state index in [0.717, 1.165) is 19.3 Å². The van der Waals surface area contributed by atoms with Crippen molar-refractivity contribution in [2.45, 2.75) is 116 Å². The van der Waals surface area contributed by atoms with Gasteiger partial charge in [-0.15, -0.1) is 0 Å². The fraction of sp³-hybridized carbons (Fsp3) is 0.952. The van der Waals surface area contributed by atoms with Crippen molar-refractivity contribution in [2.24, 2.45) is 5.92 Å². The molecular weight excluding hydrogens is 284 g/mol. The van der Waals surface area contributed by atoms with Crippen LogP contribution in [0.5, 0.6) is 0 Å². The summed E-state index contributed by atoms with van der Waals surface area (Å²) in [5.41, 5.74) is 0. The van der Waals surface area contributed by atoms with E-state index in [0.29, 0.717) is 6.61 Å². The first kappa shape index (κ1) is 20.5. The zero-order chi connectivity index (χ0) is 16.6. The van der Waals surface area contributed by atoms with Gasteiger partial charge in [0.25, 0.3) is 0 Å². The van der Waals surface area contributed by atoms with Crippen LogP contribution in [-0.4, -0.2) is 12.6 Å². The Morgan fingerprint density at radius 1 is 0.739 bits per heavy atom. The molecule has 0 unspecified atom stereocenters. The third-order valence-electron chi connectivity index (χ3n) is 5.18. The Labute approximate surface area is 144 Å². The quantitative estimate of drug-likeness (QED) is 0.230. The number of esters is 1. The van der Waals surface area contributed by atoms with Crippen LogP contribution in [0.2, 0.25) is 0 Å². The van der Waals surface area contributed by atoms with Gasteiger partial charge < -0.3 is 4.74 Å². The summed E-state index contributed by atoms with van der Waals surface area (Å²) in [6.07, 6.45) is 22.4.